The van der Waals surface area contributed by atoms with Gasteiger partial charge in [-0.2, -0.15) is 13.2 Å². The summed E-state index contributed by atoms with van der Waals surface area (Å²) in [6.45, 7) is 5.90. The smallest absolute Gasteiger partial charge is 0.308 e. The van der Waals surface area contributed by atoms with Gasteiger partial charge >= 0.3 is 6.18 Å². The molecule has 0 atom stereocenters. The van der Waals surface area contributed by atoms with Gasteiger partial charge in [0.15, 0.2) is 5.82 Å². The van der Waals surface area contributed by atoms with E-state index in [9.17, 15) is 13.2 Å². The third-order valence-electron chi connectivity index (χ3n) is 6.28. The molecule has 0 aliphatic carbocycles. The Bertz CT molecular complexity index is 1560. The minimum atomic E-state index is -4.63. The number of hydrogen-bond donors (Lipinski definition) is 0. The van der Waals surface area contributed by atoms with Gasteiger partial charge in [0.05, 0.1) is 16.7 Å². The van der Waals surface area contributed by atoms with Crippen LogP contribution in [0.5, 0.6) is 0 Å². The summed E-state index contributed by atoms with van der Waals surface area (Å²) in [6, 6.07) is 11.9. The van der Waals surface area contributed by atoms with Crippen LogP contribution in [0.25, 0.3) is 38.9 Å². The molecular weight excluding hydrogens is 433 g/mol. The van der Waals surface area contributed by atoms with E-state index in [1.165, 1.54) is 18.1 Å². The van der Waals surface area contributed by atoms with Gasteiger partial charge in [-0.3, -0.25) is 0 Å². The summed E-state index contributed by atoms with van der Waals surface area (Å²) in [6.07, 6.45) is -4.63. The number of hydrogen-bond acceptors (Lipinski definition) is 4. The molecule has 0 radical (unpaired) electrons. The molecule has 0 bridgehead atoms. The summed E-state index contributed by atoms with van der Waals surface area (Å²) in [7, 11) is 0. The van der Waals surface area contributed by atoms with Gasteiger partial charge in [0.2, 0.25) is 5.82 Å². The maximum atomic E-state index is 13.3. The third-order valence-corrected chi connectivity index (χ3v) is 7.01. The minimum absolute atomic E-state index is 0.0233. The van der Waals surface area contributed by atoms with Crippen LogP contribution in [0.4, 0.5) is 13.2 Å². The van der Waals surface area contributed by atoms with Crippen LogP contribution >= 0.6 is 11.3 Å². The van der Waals surface area contributed by atoms with Gasteiger partial charge in [-0.1, -0.05) is 32.0 Å². The monoisotopic (exact) mass is 450 g/mol. The summed E-state index contributed by atoms with van der Waals surface area (Å²) in [5.74, 6) is -1.11. The molecule has 8 heteroatoms. The zero-order valence-corrected chi connectivity index (χ0v) is 18.3. The van der Waals surface area contributed by atoms with Crippen molar-refractivity contribution in [1.82, 2.24) is 19.5 Å². The van der Waals surface area contributed by atoms with Crippen molar-refractivity contribution in [1.29, 1.82) is 0 Å². The van der Waals surface area contributed by atoms with Crippen LogP contribution in [0.3, 0.4) is 0 Å². The highest BCUT2D eigenvalue weighted by atomic mass is 32.1. The Kier molecular flexibility index (Phi) is 3.74. The molecule has 3 aromatic heterocycles. The zero-order valence-electron chi connectivity index (χ0n) is 17.4. The Hall–Kier alpha value is -3.26. The maximum Gasteiger partial charge on any atom is 0.451 e. The summed E-state index contributed by atoms with van der Waals surface area (Å²) in [5, 5.41) is 6.38. The second-order valence-corrected chi connectivity index (χ2v) is 9.34. The van der Waals surface area contributed by atoms with Gasteiger partial charge in [-0.05, 0) is 41.6 Å². The van der Waals surface area contributed by atoms with Crippen LogP contribution in [0, 0.1) is 6.92 Å². The summed E-state index contributed by atoms with van der Waals surface area (Å²) >= 11 is 1.68. The van der Waals surface area contributed by atoms with Crippen LogP contribution in [-0.4, -0.2) is 19.5 Å². The zero-order chi connectivity index (χ0) is 22.4. The molecule has 1 aliphatic rings. The molecule has 32 heavy (non-hydrogen) atoms. The number of aryl methyl sites for hydroxylation is 1. The fourth-order valence-corrected chi connectivity index (χ4v) is 5.76. The topological polar surface area (TPSA) is 43.6 Å². The predicted octanol–water partition coefficient (Wildman–Crippen LogP) is 6.66. The fraction of sp³-hybridized carbons (Fsp3) is 0.208. The standard InChI is InChI=1S/C24H17F3N4S/c1-12-28-21(30-22(29-12)24(25,26)27)13-7-8-18-15(9-13)14-5-4-6-16-20(14)31(18)19-11-32-10-17(19)23(16,2)3/h4-11H,1-3H3. The summed E-state index contributed by atoms with van der Waals surface area (Å²) in [5.41, 5.74) is 6.19. The number of halogens is 3. The number of thiophene rings is 1. The van der Waals surface area contributed by atoms with Crippen LogP contribution in [0.15, 0.2) is 47.2 Å². The SMILES string of the molecule is Cc1nc(-c2ccc3c(c2)c2cccc4c2n3-c2cscc2C4(C)C)nc(C(F)(F)F)n1. The first-order valence-corrected chi connectivity index (χ1v) is 11.1. The van der Waals surface area contributed by atoms with E-state index in [0.29, 0.717) is 5.56 Å². The van der Waals surface area contributed by atoms with E-state index in [2.05, 4.69) is 56.3 Å². The predicted molar refractivity (Wildman–Crippen MR) is 119 cm³/mol. The largest absolute Gasteiger partial charge is 0.451 e. The second-order valence-electron chi connectivity index (χ2n) is 8.59. The molecule has 160 valence electrons. The van der Waals surface area contributed by atoms with E-state index in [-0.39, 0.29) is 17.1 Å². The van der Waals surface area contributed by atoms with Crippen molar-refractivity contribution in [3.63, 3.8) is 0 Å². The van der Waals surface area contributed by atoms with Gasteiger partial charge in [0, 0.05) is 27.1 Å². The molecule has 0 amide bonds. The van der Waals surface area contributed by atoms with Crippen molar-refractivity contribution in [2.24, 2.45) is 0 Å². The first-order chi connectivity index (χ1) is 15.2. The molecule has 0 fully saturated rings. The highest BCUT2D eigenvalue weighted by Crippen LogP contribution is 2.48. The van der Waals surface area contributed by atoms with Crippen molar-refractivity contribution in [2.75, 3.05) is 0 Å². The van der Waals surface area contributed by atoms with Gasteiger partial charge in [-0.25, -0.2) is 15.0 Å². The summed E-state index contributed by atoms with van der Waals surface area (Å²) < 4.78 is 42.0. The number of fused-ring (bicyclic) bond motifs is 5. The van der Waals surface area contributed by atoms with Crippen LogP contribution < -0.4 is 0 Å². The molecule has 0 unspecified atom stereocenters. The van der Waals surface area contributed by atoms with Crippen molar-refractivity contribution in [3.05, 3.63) is 69.9 Å². The number of aromatic nitrogens is 4. The normalized spacial score (nSPS) is 14.8. The average Bonchev–Trinajstić information content (AvgIpc) is 3.35. The molecular formula is C24H17F3N4S. The highest BCUT2D eigenvalue weighted by molar-refractivity contribution is 7.08. The first kappa shape index (κ1) is 19.4. The van der Waals surface area contributed by atoms with Crippen LogP contribution in [-0.2, 0) is 11.6 Å². The number of nitrogens with zero attached hydrogens (tertiary/aromatic N) is 4. The van der Waals surface area contributed by atoms with Crippen molar-refractivity contribution < 1.29 is 13.2 Å². The lowest BCUT2D eigenvalue weighted by Crippen LogP contribution is -2.24. The molecule has 2 aromatic carbocycles. The Labute approximate surface area is 185 Å². The first-order valence-electron chi connectivity index (χ1n) is 10.1. The van der Waals surface area contributed by atoms with E-state index < -0.39 is 12.0 Å². The lowest BCUT2D eigenvalue weighted by Gasteiger charge is -2.32. The van der Waals surface area contributed by atoms with E-state index in [4.69, 9.17) is 0 Å². The minimum Gasteiger partial charge on any atom is -0.308 e. The third kappa shape index (κ3) is 2.53. The molecule has 6 rings (SSSR count). The fourth-order valence-electron chi connectivity index (χ4n) is 4.78. The Morgan fingerprint density at radius 1 is 0.938 bits per heavy atom. The molecule has 4 heterocycles. The molecule has 0 saturated carbocycles. The molecule has 0 spiro atoms. The number of rotatable bonds is 1. The van der Waals surface area contributed by atoms with Crippen molar-refractivity contribution in [3.8, 4) is 17.1 Å². The van der Waals surface area contributed by atoms with Crippen LogP contribution in [0.2, 0.25) is 0 Å². The van der Waals surface area contributed by atoms with Crippen molar-refractivity contribution in [2.45, 2.75) is 32.4 Å². The summed E-state index contributed by atoms with van der Waals surface area (Å²) in [4.78, 5) is 11.4. The van der Waals surface area contributed by atoms with Gasteiger partial charge in [0.25, 0.3) is 0 Å². The van der Waals surface area contributed by atoms with E-state index in [0.717, 1.165) is 27.5 Å². The molecule has 1 aliphatic heterocycles. The Morgan fingerprint density at radius 2 is 1.75 bits per heavy atom. The number of alkyl halides is 3. The van der Waals surface area contributed by atoms with E-state index in [1.807, 2.05) is 18.2 Å². The Balaban J connectivity index is 1.67. The van der Waals surface area contributed by atoms with Gasteiger partial charge in [-0.15, -0.1) is 11.3 Å². The highest BCUT2D eigenvalue weighted by Gasteiger charge is 2.37. The number of benzene rings is 2. The lowest BCUT2D eigenvalue weighted by molar-refractivity contribution is -0.145. The van der Waals surface area contributed by atoms with Crippen LogP contribution in [0.1, 0.15) is 36.6 Å². The molecule has 4 nitrogen and oxygen atoms in total. The van der Waals surface area contributed by atoms with E-state index >= 15 is 0 Å². The molecule has 0 N–H and O–H groups in total. The van der Waals surface area contributed by atoms with E-state index in [1.54, 1.807) is 17.4 Å². The second kappa shape index (κ2) is 6.16. The van der Waals surface area contributed by atoms with Crippen molar-refractivity contribution >= 4 is 33.1 Å². The lowest BCUT2D eigenvalue weighted by atomic mass is 9.76. The number of para-hydroxylation sites is 1. The maximum absolute atomic E-state index is 13.3. The molecule has 5 aromatic rings. The van der Waals surface area contributed by atoms with Gasteiger partial charge < -0.3 is 4.57 Å². The average molecular weight is 450 g/mol. The van der Waals surface area contributed by atoms with Gasteiger partial charge in [0.1, 0.15) is 5.82 Å². The molecule has 0 saturated heterocycles. The Morgan fingerprint density at radius 3 is 2.53 bits per heavy atom. The quantitative estimate of drug-likeness (QED) is 0.287.